The molecule has 3 aromatic rings. The van der Waals surface area contributed by atoms with E-state index in [4.69, 9.17) is 11.6 Å². The third kappa shape index (κ3) is 2.35. The number of aromatic nitrogens is 2. The van der Waals surface area contributed by atoms with Crippen molar-refractivity contribution in [3.05, 3.63) is 59.5 Å². The van der Waals surface area contributed by atoms with Gasteiger partial charge in [0.25, 0.3) is 0 Å². The molecule has 0 aliphatic carbocycles. The van der Waals surface area contributed by atoms with Crippen LogP contribution in [0.1, 0.15) is 0 Å². The van der Waals surface area contributed by atoms with Crippen molar-refractivity contribution in [1.29, 1.82) is 0 Å². The first-order valence-corrected chi connectivity index (χ1v) is 6.04. The zero-order valence-corrected chi connectivity index (χ0v) is 10.5. The van der Waals surface area contributed by atoms with E-state index in [2.05, 4.69) is 15.5 Å². The maximum Gasteiger partial charge on any atom is 0.123 e. The molecule has 0 saturated heterocycles. The molecule has 1 N–H and O–H groups in total. The third-order valence-electron chi connectivity index (χ3n) is 2.74. The van der Waals surface area contributed by atoms with E-state index in [1.807, 2.05) is 12.1 Å². The molecule has 0 fully saturated rings. The highest BCUT2D eigenvalue weighted by Crippen LogP contribution is 2.28. The summed E-state index contributed by atoms with van der Waals surface area (Å²) in [5, 5.41) is 12.5. The van der Waals surface area contributed by atoms with Gasteiger partial charge in [0.2, 0.25) is 0 Å². The summed E-state index contributed by atoms with van der Waals surface area (Å²) in [5.41, 5.74) is 2.19. The molecule has 0 aliphatic heterocycles. The molecule has 3 nitrogen and oxygen atoms in total. The van der Waals surface area contributed by atoms with Crippen molar-refractivity contribution in [3.8, 4) is 0 Å². The zero-order valence-electron chi connectivity index (χ0n) is 9.77. The molecule has 0 radical (unpaired) electrons. The highest BCUT2D eigenvalue weighted by atomic mass is 35.5. The van der Waals surface area contributed by atoms with E-state index in [9.17, 15) is 4.39 Å². The molecule has 5 heteroatoms. The summed E-state index contributed by atoms with van der Waals surface area (Å²) >= 11 is 6.07. The number of hydrogen-bond acceptors (Lipinski definition) is 3. The van der Waals surface area contributed by atoms with Crippen LogP contribution in [0.5, 0.6) is 0 Å². The summed E-state index contributed by atoms with van der Waals surface area (Å²) in [6.45, 7) is 0. The SMILES string of the molecule is Fc1ccc(Nc2cnnc3c(Cl)cccc23)cc1. The minimum Gasteiger partial charge on any atom is -0.354 e. The van der Waals surface area contributed by atoms with Crippen LogP contribution in [0.4, 0.5) is 15.8 Å². The van der Waals surface area contributed by atoms with Gasteiger partial charge in [-0.05, 0) is 30.3 Å². The first kappa shape index (κ1) is 11.9. The van der Waals surface area contributed by atoms with E-state index < -0.39 is 0 Å². The Morgan fingerprint density at radius 3 is 2.63 bits per heavy atom. The van der Waals surface area contributed by atoms with E-state index >= 15 is 0 Å². The first-order chi connectivity index (χ1) is 9.24. The fourth-order valence-electron chi connectivity index (χ4n) is 1.84. The smallest absolute Gasteiger partial charge is 0.123 e. The molecular weight excluding hydrogens is 265 g/mol. The maximum atomic E-state index is 12.9. The van der Waals surface area contributed by atoms with Gasteiger partial charge < -0.3 is 5.32 Å². The molecule has 0 saturated carbocycles. The molecule has 0 spiro atoms. The number of halogens is 2. The Bertz CT molecular complexity index is 728. The molecule has 0 unspecified atom stereocenters. The monoisotopic (exact) mass is 273 g/mol. The average Bonchev–Trinajstić information content (AvgIpc) is 2.43. The van der Waals surface area contributed by atoms with E-state index in [1.54, 1.807) is 24.4 Å². The Labute approximate surface area is 114 Å². The van der Waals surface area contributed by atoms with Crippen LogP contribution in [0, 0.1) is 5.82 Å². The lowest BCUT2D eigenvalue weighted by Crippen LogP contribution is -1.95. The molecule has 3 rings (SSSR count). The largest absolute Gasteiger partial charge is 0.354 e. The van der Waals surface area contributed by atoms with Gasteiger partial charge in [-0.15, -0.1) is 5.10 Å². The van der Waals surface area contributed by atoms with Gasteiger partial charge in [-0.25, -0.2) is 4.39 Å². The van der Waals surface area contributed by atoms with Crippen LogP contribution in [0.2, 0.25) is 5.02 Å². The molecule has 1 heterocycles. The minimum atomic E-state index is -0.272. The van der Waals surface area contributed by atoms with Crippen molar-refractivity contribution < 1.29 is 4.39 Å². The minimum absolute atomic E-state index is 0.272. The maximum absolute atomic E-state index is 12.9. The second kappa shape index (κ2) is 4.82. The highest BCUT2D eigenvalue weighted by molar-refractivity contribution is 6.35. The average molecular weight is 274 g/mol. The lowest BCUT2D eigenvalue weighted by Gasteiger charge is -2.09. The summed E-state index contributed by atoms with van der Waals surface area (Å²) < 4.78 is 12.9. The third-order valence-corrected chi connectivity index (χ3v) is 3.05. The molecule has 0 amide bonds. The van der Waals surface area contributed by atoms with E-state index in [-0.39, 0.29) is 5.82 Å². The standard InChI is InChI=1S/C14H9ClFN3/c15-12-3-1-2-11-13(8-17-19-14(11)12)18-10-6-4-9(16)5-7-10/h1-8H,(H,18,19). The van der Waals surface area contributed by atoms with E-state index in [1.165, 1.54) is 12.1 Å². The van der Waals surface area contributed by atoms with Gasteiger partial charge in [-0.3, -0.25) is 0 Å². The lowest BCUT2D eigenvalue weighted by molar-refractivity contribution is 0.628. The zero-order chi connectivity index (χ0) is 13.2. The van der Waals surface area contributed by atoms with Gasteiger partial charge in [0, 0.05) is 11.1 Å². The predicted molar refractivity (Wildman–Crippen MR) is 74.2 cm³/mol. The number of nitrogens with zero attached hydrogens (tertiary/aromatic N) is 2. The van der Waals surface area contributed by atoms with Gasteiger partial charge >= 0.3 is 0 Å². The summed E-state index contributed by atoms with van der Waals surface area (Å²) in [6, 6.07) is 11.6. The lowest BCUT2D eigenvalue weighted by atomic mass is 10.2. The van der Waals surface area contributed by atoms with E-state index in [0.29, 0.717) is 10.5 Å². The van der Waals surface area contributed by atoms with Gasteiger partial charge in [0.15, 0.2) is 0 Å². The van der Waals surface area contributed by atoms with Crippen molar-refractivity contribution in [2.24, 2.45) is 0 Å². The Balaban J connectivity index is 2.06. The Kier molecular flexibility index (Phi) is 3.01. The van der Waals surface area contributed by atoms with Crippen molar-refractivity contribution in [1.82, 2.24) is 10.2 Å². The van der Waals surface area contributed by atoms with Crippen molar-refractivity contribution in [2.75, 3.05) is 5.32 Å². The summed E-state index contributed by atoms with van der Waals surface area (Å²) in [4.78, 5) is 0. The summed E-state index contributed by atoms with van der Waals surface area (Å²) in [7, 11) is 0. The normalized spacial score (nSPS) is 10.6. The molecule has 94 valence electrons. The van der Waals surface area contributed by atoms with Crippen LogP contribution in [-0.4, -0.2) is 10.2 Å². The van der Waals surface area contributed by atoms with E-state index in [0.717, 1.165) is 16.8 Å². The quantitative estimate of drug-likeness (QED) is 0.762. The fourth-order valence-corrected chi connectivity index (χ4v) is 2.05. The second-order valence-electron chi connectivity index (χ2n) is 4.03. The Morgan fingerprint density at radius 2 is 1.84 bits per heavy atom. The summed E-state index contributed by atoms with van der Waals surface area (Å²) in [5.74, 6) is -0.272. The van der Waals surface area contributed by atoms with Gasteiger partial charge in [-0.1, -0.05) is 23.7 Å². The van der Waals surface area contributed by atoms with Crippen LogP contribution in [-0.2, 0) is 0 Å². The number of hydrogen-bond donors (Lipinski definition) is 1. The number of rotatable bonds is 2. The van der Waals surface area contributed by atoms with Gasteiger partial charge in [0.1, 0.15) is 11.3 Å². The molecule has 0 bridgehead atoms. The molecule has 0 atom stereocenters. The van der Waals surface area contributed by atoms with Crippen molar-refractivity contribution >= 4 is 33.9 Å². The Hall–Kier alpha value is -2.20. The van der Waals surface area contributed by atoms with Crippen LogP contribution < -0.4 is 5.32 Å². The predicted octanol–water partition coefficient (Wildman–Crippen LogP) is 4.17. The fraction of sp³-hybridized carbons (Fsp3) is 0. The van der Waals surface area contributed by atoms with Gasteiger partial charge in [-0.2, -0.15) is 5.10 Å². The van der Waals surface area contributed by atoms with Crippen LogP contribution in [0.25, 0.3) is 10.9 Å². The Morgan fingerprint density at radius 1 is 1.05 bits per heavy atom. The highest BCUT2D eigenvalue weighted by Gasteiger charge is 2.06. The summed E-state index contributed by atoms with van der Waals surface area (Å²) in [6.07, 6.45) is 1.61. The molecular formula is C14H9ClFN3. The molecule has 2 aromatic carbocycles. The molecule has 0 aliphatic rings. The van der Waals surface area contributed by atoms with Gasteiger partial charge in [0.05, 0.1) is 16.9 Å². The molecule has 1 aromatic heterocycles. The van der Waals surface area contributed by atoms with Crippen LogP contribution >= 0.6 is 11.6 Å². The number of anilines is 2. The van der Waals surface area contributed by atoms with Crippen LogP contribution in [0.3, 0.4) is 0 Å². The van der Waals surface area contributed by atoms with Crippen molar-refractivity contribution in [3.63, 3.8) is 0 Å². The number of benzene rings is 2. The van der Waals surface area contributed by atoms with Crippen molar-refractivity contribution in [2.45, 2.75) is 0 Å². The second-order valence-corrected chi connectivity index (χ2v) is 4.43. The first-order valence-electron chi connectivity index (χ1n) is 5.66. The molecule has 19 heavy (non-hydrogen) atoms. The topological polar surface area (TPSA) is 37.8 Å². The number of fused-ring (bicyclic) bond motifs is 1. The van der Waals surface area contributed by atoms with Crippen LogP contribution in [0.15, 0.2) is 48.7 Å². The number of nitrogens with one attached hydrogen (secondary N) is 1.